The molecule has 5 nitrogen and oxygen atoms in total. The molecule has 0 atom stereocenters. The molecule has 0 bridgehead atoms. The number of hydrogen-bond acceptors (Lipinski definition) is 5. The van der Waals surface area contributed by atoms with Gasteiger partial charge in [-0.2, -0.15) is 5.26 Å². The van der Waals surface area contributed by atoms with Crippen molar-refractivity contribution in [2.75, 3.05) is 14.2 Å². The lowest BCUT2D eigenvalue weighted by molar-refractivity contribution is 0.354. The van der Waals surface area contributed by atoms with E-state index < -0.39 is 9.84 Å². The minimum absolute atomic E-state index is 0.0718. The summed E-state index contributed by atoms with van der Waals surface area (Å²) in [6, 6.07) is 11.4. The molecule has 25 heavy (non-hydrogen) atoms. The summed E-state index contributed by atoms with van der Waals surface area (Å²) in [5.41, 5.74) is 1.42. The molecule has 0 unspecified atom stereocenters. The highest BCUT2D eigenvalue weighted by molar-refractivity contribution is 9.10. The van der Waals surface area contributed by atoms with Crippen LogP contribution in [0.15, 0.2) is 50.7 Å². The number of methoxy groups -OCH3 is 2. The SMILES string of the molecule is COc1cc(Br)c(/C=C(\C#N)S(=O)(=O)c2ccc(C)cc2)cc1OC. The first-order chi connectivity index (χ1) is 11.8. The smallest absolute Gasteiger partial charge is 0.216 e. The van der Waals surface area contributed by atoms with Crippen molar-refractivity contribution in [2.45, 2.75) is 11.8 Å². The summed E-state index contributed by atoms with van der Waals surface area (Å²) in [6.07, 6.45) is 1.31. The van der Waals surface area contributed by atoms with E-state index in [4.69, 9.17) is 9.47 Å². The van der Waals surface area contributed by atoms with E-state index in [1.165, 1.54) is 32.4 Å². The quantitative estimate of drug-likeness (QED) is 0.678. The van der Waals surface area contributed by atoms with Crippen molar-refractivity contribution in [3.63, 3.8) is 0 Å². The van der Waals surface area contributed by atoms with Crippen LogP contribution in [0.1, 0.15) is 11.1 Å². The second-order valence-electron chi connectivity index (χ2n) is 5.17. The van der Waals surface area contributed by atoms with Crippen molar-refractivity contribution in [3.8, 4) is 17.6 Å². The van der Waals surface area contributed by atoms with Gasteiger partial charge in [0.25, 0.3) is 0 Å². The summed E-state index contributed by atoms with van der Waals surface area (Å²) < 4.78 is 36.4. The lowest BCUT2D eigenvalue weighted by Crippen LogP contribution is -2.03. The summed E-state index contributed by atoms with van der Waals surface area (Å²) in [5, 5.41) is 9.39. The van der Waals surface area contributed by atoms with Crippen molar-refractivity contribution in [2.24, 2.45) is 0 Å². The molecule has 0 aliphatic rings. The van der Waals surface area contributed by atoms with Gasteiger partial charge in [0, 0.05) is 4.47 Å². The van der Waals surface area contributed by atoms with Crippen molar-refractivity contribution < 1.29 is 17.9 Å². The number of rotatable bonds is 5. The molecule has 2 aromatic rings. The Hall–Kier alpha value is -2.30. The molecule has 130 valence electrons. The van der Waals surface area contributed by atoms with Crippen LogP contribution in [0.3, 0.4) is 0 Å². The summed E-state index contributed by atoms with van der Waals surface area (Å²) in [4.78, 5) is -0.285. The van der Waals surface area contributed by atoms with Gasteiger partial charge in [-0.05, 0) is 42.8 Å². The van der Waals surface area contributed by atoms with Gasteiger partial charge in [0.05, 0.1) is 19.1 Å². The van der Waals surface area contributed by atoms with Gasteiger partial charge in [0.15, 0.2) is 11.5 Å². The normalized spacial score (nSPS) is 11.7. The van der Waals surface area contributed by atoms with Gasteiger partial charge >= 0.3 is 0 Å². The number of halogens is 1. The number of nitrogens with zero attached hydrogens (tertiary/aromatic N) is 1. The maximum atomic E-state index is 12.7. The minimum Gasteiger partial charge on any atom is -0.493 e. The molecule has 7 heteroatoms. The number of allylic oxidation sites excluding steroid dienone is 1. The van der Waals surface area contributed by atoms with E-state index in [2.05, 4.69) is 15.9 Å². The zero-order valence-corrected chi connectivity index (χ0v) is 16.3. The van der Waals surface area contributed by atoms with Gasteiger partial charge in [0.1, 0.15) is 11.0 Å². The fourth-order valence-corrected chi connectivity index (χ4v) is 3.72. The van der Waals surface area contributed by atoms with Crippen molar-refractivity contribution in [3.05, 3.63) is 56.9 Å². The van der Waals surface area contributed by atoms with Crippen LogP contribution in [0.25, 0.3) is 6.08 Å². The third-order valence-electron chi connectivity index (χ3n) is 3.52. The fraction of sp³-hybridized carbons (Fsp3) is 0.167. The van der Waals surface area contributed by atoms with E-state index in [0.29, 0.717) is 21.5 Å². The summed E-state index contributed by atoms with van der Waals surface area (Å²) in [5.74, 6) is 0.924. The highest BCUT2D eigenvalue weighted by atomic mass is 79.9. The van der Waals surface area contributed by atoms with Gasteiger partial charge in [-0.3, -0.25) is 0 Å². The van der Waals surface area contributed by atoms with Crippen molar-refractivity contribution in [1.29, 1.82) is 5.26 Å². The van der Waals surface area contributed by atoms with Crippen LogP contribution in [0.2, 0.25) is 0 Å². The van der Waals surface area contributed by atoms with E-state index in [1.807, 2.05) is 6.92 Å². The summed E-state index contributed by atoms with van der Waals surface area (Å²) >= 11 is 3.36. The number of benzene rings is 2. The molecule has 0 radical (unpaired) electrons. The number of nitriles is 1. The molecule has 2 aromatic carbocycles. The molecule has 0 spiro atoms. The minimum atomic E-state index is -3.91. The van der Waals surface area contributed by atoms with E-state index >= 15 is 0 Å². The van der Waals surface area contributed by atoms with Crippen LogP contribution in [0.5, 0.6) is 11.5 Å². The molecule has 0 fully saturated rings. The van der Waals surface area contributed by atoms with E-state index in [0.717, 1.165) is 5.56 Å². The van der Waals surface area contributed by atoms with Crippen molar-refractivity contribution >= 4 is 31.8 Å². The number of aryl methyl sites for hydroxylation is 1. The van der Waals surface area contributed by atoms with Crippen LogP contribution in [0.4, 0.5) is 0 Å². The standard InChI is InChI=1S/C18H16BrNO4S/c1-12-4-6-14(7-5-12)25(21,22)15(11-20)8-13-9-17(23-2)18(24-3)10-16(13)19/h4-10H,1-3H3/b15-8+. The van der Waals surface area contributed by atoms with Crippen molar-refractivity contribution in [1.82, 2.24) is 0 Å². The Bertz CT molecular complexity index is 958. The molecule has 0 aliphatic carbocycles. The van der Waals surface area contributed by atoms with E-state index in [1.54, 1.807) is 30.3 Å². The molecular formula is C18H16BrNO4S. The molecule has 0 aromatic heterocycles. The first kappa shape index (κ1) is 19.0. The molecule has 0 saturated carbocycles. The second-order valence-corrected chi connectivity index (χ2v) is 7.94. The van der Waals surface area contributed by atoms with Gasteiger partial charge in [-0.25, -0.2) is 8.42 Å². The Kier molecular flexibility index (Phi) is 5.88. The van der Waals surface area contributed by atoms with Crippen LogP contribution in [-0.2, 0) is 9.84 Å². The van der Waals surface area contributed by atoms with Crippen LogP contribution in [0, 0.1) is 18.3 Å². The van der Waals surface area contributed by atoms with Gasteiger partial charge in [-0.15, -0.1) is 0 Å². The highest BCUT2D eigenvalue weighted by Crippen LogP contribution is 2.35. The average molecular weight is 422 g/mol. The third-order valence-corrected chi connectivity index (χ3v) is 5.89. The molecule has 2 rings (SSSR count). The average Bonchev–Trinajstić information content (AvgIpc) is 2.60. The zero-order valence-electron chi connectivity index (χ0n) is 13.9. The molecule has 0 N–H and O–H groups in total. The van der Waals surface area contributed by atoms with E-state index in [9.17, 15) is 13.7 Å². The van der Waals surface area contributed by atoms with Gasteiger partial charge in [0.2, 0.25) is 9.84 Å². The predicted molar refractivity (Wildman–Crippen MR) is 99.2 cm³/mol. The van der Waals surface area contributed by atoms with Gasteiger partial charge in [-0.1, -0.05) is 33.6 Å². The second kappa shape index (κ2) is 7.72. The zero-order chi connectivity index (χ0) is 18.6. The Labute approximate surface area is 155 Å². The lowest BCUT2D eigenvalue weighted by Gasteiger charge is -2.10. The Morgan fingerprint density at radius 3 is 2.20 bits per heavy atom. The first-order valence-electron chi connectivity index (χ1n) is 7.18. The molecular weight excluding hydrogens is 406 g/mol. The molecule has 0 amide bonds. The number of sulfone groups is 1. The lowest BCUT2D eigenvalue weighted by atomic mass is 10.2. The van der Waals surface area contributed by atoms with Gasteiger partial charge < -0.3 is 9.47 Å². The molecule has 0 saturated heterocycles. The van der Waals surface area contributed by atoms with Crippen LogP contribution >= 0.6 is 15.9 Å². The highest BCUT2D eigenvalue weighted by Gasteiger charge is 2.21. The maximum absolute atomic E-state index is 12.7. The number of hydrogen-bond donors (Lipinski definition) is 0. The number of ether oxygens (including phenoxy) is 2. The summed E-state index contributed by atoms with van der Waals surface area (Å²) in [7, 11) is -0.929. The Balaban J connectivity index is 2.58. The van der Waals surface area contributed by atoms with Crippen LogP contribution in [-0.4, -0.2) is 22.6 Å². The molecule has 0 aliphatic heterocycles. The molecule has 0 heterocycles. The van der Waals surface area contributed by atoms with Crippen LogP contribution < -0.4 is 9.47 Å². The Morgan fingerprint density at radius 2 is 1.68 bits per heavy atom. The largest absolute Gasteiger partial charge is 0.493 e. The third kappa shape index (κ3) is 4.03. The fourth-order valence-electron chi connectivity index (χ4n) is 2.14. The van der Waals surface area contributed by atoms with E-state index in [-0.39, 0.29) is 9.80 Å². The summed E-state index contributed by atoms with van der Waals surface area (Å²) in [6.45, 7) is 1.86. The first-order valence-corrected chi connectivity index (χ1v) is 9.46. The Morgan fingerprint density at radius 1 is 1.12 bits per heavy atom. The predicted octanol–water partition coefficient (Wildman–Crippen LogP) is 4.11. The maximum Gasteiger partial charge on any atom is 0.216 e. The monoisotopic (exact) mass is 421 g/mol. The topological polar surface area (TPSA) is 76.4 Å².